The monoisotopic (exact) mass is 491 g/mol. The Balaban J connectivity index is 1.52. The van der Waals surface area contributed by atoms with Crippen molar-refractivity contribution in [2.45, 2.75) is 0 Å². The molecule has 0 aliphatic heterocycles. The number of benzene rings is 5. The third kappa shape index (κ3) is 3.36. The van der Waals surface area contributed by atoms with Gasteiger partial charge >= 0.3 is 0 Å². The van der Waals surface area contributed by atoms with Gasteiger partial charge in [-0.1, -0.05) is 66.7 Å². The van der Waals surface area contributed by atoms with Gasteiger partial charge in [0.1, 0.15) is 0 Å². The van der Waals surface area contributed by atoms with E-state index in [0.717, 1.165) is 27.1 Å². The molecule has 0 saturated carbocycles. The van der Waals surface area contributed by atoms with Gasteiger partial charge in [0.25, 0.3) is 0 Å². The maximum atomic E-state index is 9.34. The summed E-state index contributed by atoms with van der Waals surface area (Å²) in [6, 6.07) is 38.7. The SMILES string of the molecule is CN=Cc1ccc(-c2ccc3c(c2)sc2cc(C#N)ccc23)c(-n2c3ccccc3c3ccccc32)c1. The van der Waals surface area contributed by atoms with Crippen LogP contribution in [0.3, 0.4) is 0 Å². The molecule has 37 heavy (non-hydrogen) atoms. The third-order valence-electron chi connectivity index (χ3n) is 7.03. The van der Waals surface area contributed by atoms with Crippen LogP contribution in [0.25, 0.3) is 58.8 Å². The van der Waals surface area contributed by atoms with Crippen molar-refractivity contribution in [1.82, 2.24) is 4.57 Å². The average molecular weight is 492 g/mol. The van der Waals surface area contributed by atoms with Gasteiger partial charge in [0.05, 0.1) is 28.4 Å². The molecule has 0 aliphatic rings. The van der Waals surface area contributed by atoms with Crippen molar-refractivity contribution in [3.63, 3.8) is 0 Å². The molecule has 0 saturated heterocycles. The lowest BCUT2D eigenvalue weighted by atomic mass is 9.99. The summed E-state index contributed by atoms with van der Waals surface area (Å²) in [7, 11) is 1.81. The molecule has 174 valence electrons. The number of thiophene rings is 1. The molecule has 0 aliphatic carbocycles. The van der Waals surface area contributed by atoms with Gasteiger partial charge in [-0.3, -0.25) is 4.99 Å². The fourth-order valence-corrected chi connectivity index (χ4v) is 6.59. The van der Waals surface area contributed by atoms with Crippen molar-refractivity contribution in [3.05, 3.63) is 114 Å². The molecule has 3 nitrogen and oxygen atoms in total. The van der Waals surface area contributed by atoms with Crippen molar-refractivity contribution >= 4 is 59.5 Å². The summed E-state index contributed by atoms with van der Waals surface area (Å²) >= 11 is 1.74. The van der Waals surface area contributed by atoms with Gasteiger partial charge in [-0.05, 0) is 47.5 Å². The van der Waals surface area contributed by atoms with E-state index in [9.17, 15) is 5.26 Å². The van der Waals surface area contributed by atoms with Crippen LogP contribution in [0.5, 0.6) is 0 Å². The number of para-hydroxylation sites is 2. The van der Waals surface area contributed by atoms with Gasteiger partial charge in [0, 0.05) is 49.8 Å². The molecular weight excluding hydrogens is 470 g/mol. The van der Waals surface area contributed by atoms with Crippen LogP contribution < -0.4 is 0 Å². The first-order chi connectivity index (χ1) is 18.2. The Labute approximate surface area is 218 Å². The van der Waals surface area contributed by atoms with Crippen LogP contribution in [-0.4, -0.2) is 17.8 Å². The van der Waals surface area contributed by atoms with Gasteiger partial charge in [-0.2, -0.15) is 5.26 Å². The van der Waals surface area contributed by atoms with Gasteiger partial charge in [-0.25, -0.2) is 0 Å². The first-order valence-electron chi connectivity index (χ1n) is 12.2. The molecule has 0 unspecified atom stereocenters. The van der Waals surface area contributed by atoms with E-state index in [4.69, 9.17) is 0 Å². The zero-order valence-corrected chi connectivity index (χ0v) is 21.0. The molecule has 4 heteroatoms. The second-order valence-electron chi connectivity index (χ2n) is 9.17. The van der Waals surface area contributed by atoms with E-state index in [1.807, 2.05) is 18.3 Å². The van der Waals surface area contributed by atoms with Crippen LogP contribution in [0.15, 0.2) is 108 Å². The lowest BCUT2D eigenvalue weighted by Gasteiger charge is -2.15. The number of fused-ring (bicyclic) bond motifs is 6. The molecule has 7 rings (SSSR count). The number of aromatic nitrogens is 1. The number of aliphatic imine (C=N–C) groups is 1. The Morgan fingerprint density at radius 1 is 0.730 bits per heavy atom. The minimum absolute atomic E-state index is 0.695. The van der Waals surface area contributed by atoms with Crippen LogP contribution in [0.2, 0.25) is 0 Å². The first-order valence-corrected chi connectivity index (χ1v) is 13.0. The Morgan fingerprint density at radius 2 is 1.41 bits per heavy atom. The van der Waals surface area contributed by atoms with Crippen molar-refractivity contribution < 1.29 is 0 Å². The quantitative estimate of drug-likeness (QED) is 0.228. The topological polar surface area (TPSA) is 41.1 Å². The van der Waals surface area contributed by atoms with E-state index >= 15 is 0 Å². The molecule has 7 aromatic rings. The van der Waals surface area contributed by atoms with E-state index < -0.39 is 0 Å². The predicted octanol–water partition coefficient (Wildman–Crippen LogP) is 8.74. The third-order valence-corrected chi connectivity index (χ3v) is 8.15. The predicted molar refractivity (Wildman–Crippen MR) is 157 cm³/mol. The van der Waals surface area contributed by atoms with E-state index in [-0.39, 0.29) is 0 Å². The lowest BCUT2D eigenvalue weighted by molar-refractivity contribution is 1.18. The normalized spacial score (nSPS) is 11.8. The van der Waals surface area contributed by atoms with Crippen molar-refractivity contribution in [1.29, 1.82) is 5.26 Å². The Kier molecular flexibility index (Phi) is 4.92. The zero-order chi connectivity index (χ0) is 24.9. The second kappa shape index (κ2) is 8.44. The molecule has 0 atom stereocenters. The highest BCUT2D eigenvalue weighted by Crippen LogP contribution is 2.40. The summed E-state index contributed by atoms with van der Waals surface area (Å²) in [4.78, 5) is 4.28. The summed E-state index contributed by atoms with van der Waals surface area (Å²) in [5.74, 6) is 0. The van der Waals surface area contributed by atoms with Crippen LogP contribution in [0, 0.1) is 11.3 Å². The largest absolute Gasteiger partial charge is 0.309 e. The maximum absolute atomic E-state index is 9.34. The van der Waals surface area contributed by atoms with Crippen LogP contribution in [0.1, 0.15) is 11.1 Å². The molecule has 0 radical (unpaired) electrons. The molecule has 0 spiro atoms. The molecule has 0 fully saturated rings. The van der Waals surface area contributed by atoms with Crippen LogP contribution in [0.4, 0.5) is 0 Å². The highest BCUT2D eigenvalue weighted by Gasteiger charge is 2.16. The number of nitriles is 1. The molecule has 0 N–H and O–H groups in total. The minimum Gasteiger partial charge on any atom is -0.309 e. The smallest absolute Gasteiger partial charge is 0.0992 e. The number of hydrogen-bond acceptors (Lipinski definition) is 3. The minimum atomic E-state index is 0.695. The Hall–Kier alpha value is -4.72. The molecule has 0 bridgehead atoms. The highest BCUT2D eigenvalue weighted by molar-refractivity contribution is 7.25. The van der Waals surface area contributed by atoms with Crippen molar-refractivity contribution in [3.8, 4) is 22.9 Å². The zero-order valence-electron chi connectivity index (χ0n) is 20.1. The Bertz CT molecular complexity index is 2010. The van der Waals surface area contributed by atoms with Gasteiger partial charge in [0.15, 0.2) is 0 Å². The summed E-state index contributed by atoms with van der Waals surface area (Å²) in [6.07, 6.45) is 1.91. The van der Waals surface area contributed by atoms with Crippen molar-refractivity contribution in [2.24, 2.45) is 4.99 Å². The number of nitrogens with zero attached hydrogens (tertiary/aromatic N) is 3. The van der Waals surface area contributed by atoms with Crippen LogP contribution >= 0.6 is 11.3 Å². The number of rotatable bonds is 3. The summed E-state index contributed by atoms with van der Waals surface area (Å²) in [5.41, 5.74) is 7.58. The highest BCUT2D eigenvalue weighted by atomic mass is 32.1. The first kappa shape index (κ1) is 21.6. The van der Waals surface area contributed by atoms with E-state index in [2.05, 4.69) is 107 Å². The average Bonchev–Trinajstić information content (AvgIpc) is 3.47. The van der Waals surface area contributed by atoms with Crippen molar-refractivity contribution in [2.75, 3.05) is 7.05 Å². The lowest BCUT2D eigenvalue weighted by Crippen LogP contribution is -1.99. The molecule has 2 heterocycles. The van der Waals surface area contributed by atoms with Gasteiger partial charge in [0.2, 0.25) is 0 Å². The van der Waals surface area contributed by atoms with Crippen LogP contribution in [-0.2, 0) is 0 Å². The van der Waals surface area contributed by atoms with Gasteiger partial charge < -0.3 is 4.57 Å². The second-order valence-corrected chi connectivity index (χ2v) is 10.3. The molecule has 2 aromatic heterocycles. The fraction of sp³-hybridized carbons (Fsp3) is 0.0303. The molecular formula is C33H21N3S. The summed E-state index contributed by atoms with van der Waals surface area (Å²) < 4.78 is 4.74. The maximum Gasteiger partial charge on any atom is 0.0992 e. The van der Waals surface area contributed by atoms with E-state index in [1.54, 1.807) is 18.4 Å². The number of hydrogen-bond donors (Lipinski definition) is 0. The molecule has 5 aromatic carbocycles. The molecule has 0 amide bonds. The summed E-state index contributed by atoms with van der Waals surface area (Å²) in [6.45, 7) is 0. The standard InChI is InChI=1S/C33H21N3S/c1-35-20-22-11-13-24(23-12-15-28-27-14-10-21(19-34)17-32(27)37-33(28)18-23)31(16-22)36-29-8-4-2-6-25(29)26-7-3-5-9-30(26)36/h2-18,20H,1H3. The fourth-order valence-electron chi connectivity index (χ4n) is 5.40. The Morgan fingerprint density at radius 3 is 2.11 bits per heavy atom. The summed E-state index contributed by atoms with van der Waals surface area (Å²) in [5, 5.41) is 14.2. The van der Waals surface area contributed by atoms with E-state index in [1.165, 1.54) is 37.3 Å². The van der Waals surface area contributed by atoms with Gasteiger partial charge in [-0.15, -0.1) is 11.3 Å². The van der Waals surface area contributed by atoms with E-state index in [0.29, 0.717) is 5.56 Å².